The number of amides is 1. The molecular formula is C21H21N5O. The molecule has 0 radical (unpaired) electrons. The van der Waals surface area contributed by atoms with Gasteiger partial charge < -0.3 is 9.80 Å². The van der Waals surface area contributed by atoms with Gasteiger partial charge in [-0.15, -0.1) is 10.2 Å². The summed E-state index contributed by atoms with van der Waals surface area (Å²) in [5.74, 6) is 0.904. The fraction of sp³-hybridized carbons (Fsp3) is 0.238. The summed E-state index contributed by atoms with van der Waals surface area (Å²) in [5, 5.41) is 8.82. The second-order valence-electron chi connectivity index (χ2n) is 6.61. The van der Waals surface area contributed by atoms with Crippen LogP contribution in [0.25, 0.3) is 11.3 Å². The van der Waals surface area contributed by atoms with Crippen LogP contribution in [-0.4, -0.2) is 52.2 Å². The summed E-state index contributed by atoms with van der Waals surface area (Å²) in [7, 11) is 0. The fourth-order valence-electron chi connectivity index (χ4n) is 3.31. The molecule has 1 aliphatic rings. The molecule has 3 aromatic rings. The summed E-state index contributed by atoms with van der Waals surface area (Å²) in [6.45, 7) is 4.90. The summed E-state index contributed by atoms with van der Waals surface area (Å²) in [5.41, 5.74) is 3.84. The van der Waals surface area contributed by atoms with Crippen molar-refractivity contribution < 1.29 is 4.79 Å². The predicted molar refractivity (Wildman–Crippen MR) is 105 cm³/mol. The van der Waals surface area contributed by atoms with Crippen molar-refractivity contribution in [2.45, 2.75) is 6.92 Å². The molecule has 1 amide bonds. The van der Waals surface area contributed by atoms with E-state index in [2.05, 4.69) is 39.1 Å². The summed E-state index contributed by atoms with van der Waals surface area (Å²) in [6.07, 6.45) is 3.30. The number of carbonyl (C=O) groups excluding carboxylic acids is 1. The zero-order valence-corrected chi connectivity index (χ0v) is 15.2. The van der Waals surface area contributed by atoms with Gasteiger partial charge in [0.25, 0.3) is 5.91 Å². The van der Waals surface area contributed by atoms with Crippen LogP contribution in [0.1, 0.15) is 15.9 Å². The van der Waals surface area contributed by atoms with Gasteiger partial charge in [-0.1, -0.05) is 24.3 Å². The maximum atomic E-state index is 12.5. The second kappa shape index (κ2) is 7.53. The predicted octanol–water partition coefficient (Wildman–Crippen LogP) is 2.81. The Morgan fingerprint density at radius 2 is 1.63 bits per heavy atom. The maximum absolute atomic E-state index is 12.5. The molecule has 27 heavy (non-hydrogen) atoms. The Labute approximate surface area is 158 Å². The standard InChI is InChI=1S/C21H21N5O/c1-16-4-2-3-5-18(16)19-6-7-20(24-23-19)25-12-14-26(15-13-25)21(27)17-8-10-22-11-9-17/h2-11H,12-15H2,1H3. The molecule has 1 fully saturated rings. The van der Waals surface area contributed by atoms with Crippen molar-refractivity contribution in [3.05, 3.63) is 72.1 Å². The molecular weight excluding hydrogens is 338 g/mol. The van der Waals surface area contributed by atoms with Gasteiger partial charge in [-0.2, -0.15) is 0 Å². The van der Waals surface area contributed by atoms with Crippen LogP contribution >= 0.6 is 0 Å². The van der Waals surface area contributed by atoms with Gasteiger partial charge >= 0.3 is 0 Å². The van der Waals surface area contributed by atoms with Gasteiger partial charge in [0, 0.05) is 49.7 Å². The van der Waals surface area contributed by atoms with Crippen molar-refractivity contribution >= 4 is 11.7 Å². The Balaban J connectivity index is 1.41. The number of pyridine rings is 1. The van der Waals surface area contributed by atoms with E-state index in [0.29, 0.717) is 18.7 Å². The lowest BCUT2D eigenvalue weighted by molar-refractivity contribution is 0.0746. The van der Waals surface area contributed by atoms with Gasteiger partial charge in [0.05, 0.1) is 5.69 Å². The SMILES string of the molecule is Cc1ccccc1-c1ccc(N2CCN(C(=O)c3ccncc3)CC2)nn1. The molecule has 136 valence electrons. The smallest absolute Gasteiger partial charge is 0.254 e. The topological polar surface area (TPSA) is 62.2 Å². The number of piperazine rings is 1. The van der Waals surface area contributed by atoms with Crippen molar-refractivity contribution in [2.24, 2.45) is 0 Å². The highest BCUT2D eigenvalue weighted by molar-refractivity contribution is 5.94. The monoisotopic (exact) mass is 359 g/mol. The second-order valence-corrected chi connectivity index (χ2v) is 6.61. The Kier molecular flexibility index (Phi) is 4.78. The fourth-order valence-corrected chi connectivity index (χ4v) is 3.31. The molecule has 6 nitrogen and oxygen atoms in total. The van der Waals surface area contributed by atoms with E-state index in [0.717, 1.165) is 30.2 Å². The van der Waals surface area contributed by atoms with Crippen LogP contribution in [0.3, 0.4) is 0 Å². The first kappa shape index (κ1) is 17.1. The lowest BCUT2D eigenvalue weighted by Crippen LogP contribution is -2.49. The van der Waals surface area contributed by atoms with Gasteiger partial charge in [-0.3, -0.25) is 9.78 Å². The van der Waals surface area contributed by atoms with Gasteiger partial charge in [0.2, 0.25) is 0 Å². The lowest BCUT2D eigenvalue weighted by atomic mass is 10.1. The zero-order valence-electron chi connectivity index (χ0n) is 15.2. The number of hydrogen-bond donors (Lipinski definition) is 0. The minimum absolute atomic E-state index is 0.0537. The minimum Gasteiger partial charge on any atom is -0.352 e. The maximum Gasteiger partial charge on any atom is 0.254 e. The van der Waals surface area contributed by atoms with Crippen molar-refractivity contribution in [3.63, 3.8) is 0 Å². The van der Waals surface area contributed by atoms with Crippen molar-refractivity contribution in [1.29, 1.82) is 0 Å². The van der Waals surface area contributed by atoms with Crippen LogP contribution in [-0.2, 0) is 0 Å². The molecule has 0 saturated carbocycles. The van der Waals surface area contributed by atoms with Crippen LogP contribution in [0.5, 0.6) is 0 Å². The first-order valence-corrected chi connectivity index (χ1v) is 9.06. The molecule has 6 heteroatoms. The summed E-state index contributed by atoms with van der Waals surface area (Å²) < 4.78 is 0. The summed E-state index contributed by atoms with van der Waals surface area (Å²) in [4.78, 5) is 20.5. The van der Waals surface area contributed by atoms with E-state index in [1.807, 2.05) is 29.2 Å². The molecule has 2 aromatic heterocycles. The molecule has 0 atom stereocenters. The van der Waals surface area contributed by atoms with E-state index >= 15 is 0 Å². The van der Waals surface area contributed by atoms with Crippen molar-refractivity contribution in [2.75, 3.05) is 31.1 Å². The normalized spacial score (nSPS) is 14.3. The molecule has 1 aliphatic heterocycles. The van der Waals surface area contributed by atoms with E-state index in [1.165, 1.54) is 5.56 Å². The molecule has 0 aliphatic carbocycles. The number of carbonyl (C=O) groups is 1. The first-order chi connectivity index (χ1) is 13.2. The highest BCUT2D eigenvalue weighted by atomic mass is 16.2. The Morgan fingerprint density at radius 1 is 0.889 bits per heavy atom. The molecule has 1 aromatic carbocycles. The first-order valence-electron chi connectivity index (χ1n) is 9.06. The number of anilines is 1. The highest BCUT2D eigenvalue weighted by Gasteiger charge is 2.23. The van der Waals surface area contributed by atoms with Gasteiger partial charge in [0.1, 0.15) is 0 Å². The molecule has 0 spiro atoms. The number of aromatic nitrogens is 3. The van der Waals surface area contributed by atoms with Gasteiger partial charge in [-0.25, -0.2) is 0 Å². The van der Waals surface area contributed by atoms with Gasteiger partial charge in [0.15, 0.2) is 5.82 Å². The lowest BCUT2D eigenvalue weighted by Gasteiger charge is -2.35. The molecule has 0 N–H and O–H groups in total. The Morgan fingerprint density at radius 3 is 2.30 bits per heavy atom. The summed E-state index contributed by atoms with van der Waals surface area (Å²) >= 11 is 0. The molecule has 0 unspecified atom stereocenters. The van der Waals surface area contributed by atoms with Crippen LogP contribution < -0.4 is 4.90 Å². The van der Waals surface area contributed by atoms with E-state index in [4.69, 9.17) is 0 Å². The van der Waals surface area contributed by atoms with E-state index in [1.54, 1.807) is 24.5 Å². The van der Waals surface area contributed by atoms with E-state index in [9.17, 15) is 4.79 Å². The average molecular weight is 359 g/mol. The largest absolute Gasteiger partial charge is 0.352 e. The third kappa shape index (κ3) is 3.65. The third-order valence-electron chi connectivity index (χ3n) is 4.89. The molecule has 1 saturated heterocycles. The van der Waals surface area contributed by atoms with Crippen molar-refractivity contribution in [3.8, 4) is 11.3 Å². The number of hydrogen-bond acceptors (Lipinski definition) is 5. The van der Waals surface area contributed by atoms with Crippen LogP contribution in [0, 0.1) is 6.92 Å². The molecule has 3 heterocycles. The van der Waals surface area contributed by atoms with Crippen LogP contribution in [0.15, 0.2) is 60.9 Å². The summed E-state index contributed by atoms with van der Waals surface area (Å²) in [6, 6.07) is 15.7. The van der Waals surface area contributed by atoms with Gasteiger partial charge in [-0.05, 0) is 36.8 Å². The van der Waals surface area contributed by atoms with E-state index in [-0.39, 0.29) is 5.91 Å². The van der Waals surface area contributed by atoms with Crippen molar-refractivity contribution in [1.82, 2.24) is 20.1 Å². The number of rotatable bonds is 3. The molecule has 4 rings (SSSR count). The number of aryl methyl sites for hydroxylation is 1. The Bertz CT molecular complexity index is 919. The quantitative estimate of drug-likeness (QED) is 0.720. The van der Waals surface area contributed by atoms with E-state index < -0.39 is 0 Å². The minimum atomic E-state index is 0.0537. The average Bonchev–Trinajstić information content (AvgIpc) is 2.74. The van der Waals surface area contributed by atoms with Crippen LogP contribution in [0.4, 0.5) is 5.82 Å². The Hall–Kier alpha value is -3.28. The third-order valence-corrected chi connectivity index (χ3v) is 4.89. The number of benzene rings is 1. The highest BCUT2D eigenvalue weighted by Crippen LogP contribution is 2.22. The zero-order chi connectivity index (χ0) is 18.6. The molecule has 0 bridgehead atoms. The van der Waals surface area contributed by atoms with Crippen LogP contribution in [0.2, 0.25) is 0 Å². The number of nitrogens with zero attached hydrogens (tertiary/aromatic N) is 5.